The van der Waals surface area contributed by atoms with Gasteiger partial charge in [-0.15, -0.1) is 10.2 Å². The van der Waals surface area contributed by atoms with Crippen LogP contribution in [0.4, 0.5) is 0 Å². The number of hydrogen-bond donors (Lipinski definition) is 1. The summed E-state index contributed by atoms with van der Waals surface area (Å²) in [5, 5.41) is 13.0. The number of ether oxygens (including phenoxy) is 1. The van der Waals surface area contributed by atoms with Crippen molar-refractivity contribution in [2.75, 3.05) is 6.61 Å². The summed E-state index contributed by atoms with van der Waals surface area (Å²) in [5.41, 5.74) is 2.94. The van der Waals surface area contributed by atoms with E-state index >= 15 is 0 Å². The van der Waals surface area contributed by atoms with E-state index in [9.17, 15) is 4.79 Å². The number of carbonyl (C=O) groups excluding carboxylic acids is 1. The van der Waals surface area contributed by atoms with E-state index in [4.69, 9.17) is 4.74 Å². The highest BCUT2D eigenvalue weighted by molar-refractivity contribution is 6.11. The van der Waals surface area contributed by atoms with E-state index in [1.807, 2.05) is 53.3 Å². The van der Waals surface area contributed by atoms with Crippen LogP contribution in [0.25, 0.3) is 27.5 Å². The molecule has 0 fully saturated rings. The molecule has 2 aromatic carbocycles. The number of nitrogens with one attached hydrogen (secondary N) is 1. The lowest BCUT2D eigenvalue weighted by Gasteiger charge is -2.04. The van der Waals surface area contributed by atoms with Crippen molar-refractivity contribution >= 4 is 27.8 Å². The highest BCUT2D eigenvalue weighted by atomic mass is 16.5. The van der Waals surface area contributed by atoms with Gasteiger partial charge in [0.15, 0.2) is 5.69 Å². The number of para-hydroxylation sites is 1. The molecule has 114 valence electrons. The van der Waals surface area contributed by atoms with E-state index in [2.05, 4.69) is 15.3 Å². The van der Waals surface area contributed by atoms with Crippen molar-refractivity contribution in [3.8, 4) is 5.69 Å². The normalized spacial score (nSPS) is 11.2. The molecule has 0 aliphatic rings. The van der Waals surface area contributed by atoms with Crippen molar-refractivity contribution in [3.05, 3.63) is 54.4 Å². The van der Waals surface area contributed by atoms with Crippen LogP contribution in [0.3, 0.4) is 0 Å². The molecule has 0 unspecified atom stereocenters. The van der Waals surface area contributed by atoms with Gasteiger partial charge in [-0.3, -0.25) is 4.68 Å². The summed E-state index contributed by atoms with van der Waals surface area (Å²) < 4.78 is 6.99. The Morgan fingerprint density at radius 1 is 1.13 bits per heavy atom. The van der Waals surface area contributed by atoms with E-state index in [-0.39, 0.29) is 5.69 Å². The summed E-state index contributed by atoms with van der Waals surface area (Å²) >= 11 is 0. The molecule has 2 aromatic heterocycles. The number of aromatic amines is 1. The van der Waals surface area contributed by atoms with Crippen molar-refractivity contribution in [2.24, 2.45) is 0 Å². The molecule has 0 aliphatic carbocycles. The zero-order valence-electron chi connectivity index (χ0n) is 12.5. The third-order valence-electron chi connectivity index (χ3n) is 3.76. The average molecular weight is 306 g/mol. The van der Waals surface area contributed by atoms with Gasteiger partial charge in [-0.1, -0.05) is 18.2 Å². The quantitative estimate of drug-likeness (QED) is 0.590. The molecule has 6 heteroatoms. The van der Waals surface area contributed by atoms with Gasteiger partial charge in [0, 0.05) is 17.0 Å². The molecule has 0 spiro atoms. The van der Waals surface area contributed by atoms with Gasteiger partial charge in [0.25, 0.3) is 0 Å². The molecule has 0 amide bonds. The van der Waals surface area contributed by atoms with Crippen LogP contribution in [0.1, 0.15) is 17.4 Å². The molecule has 1 N–H and O–H groups in total. The second kappa shape index (κ2) is 5.24. The molecule has 0 bridgehead atoms. The fraction of sp³-hybridized carbons (Fsp3) is 0.118. The largest absolute Gasteiger partial charge is 0.461 e. The van der Waals surface area contributed by atoms with Crippen LogP contribution in [-0.2, 0) is 4.74 Å². The number of rotatable bonds is 3. The lowest BCUT2D eigenvalue weighted by molar-refractivity contribution is 0.0521. The minimum Gasteiger partial charge on any atom is -0.461 e. The number of benzene rings is 2. The van der Waals surface area contributed by atoms with Gasteiger partial charge < -0.3 is 9.84 Å². The summed E-state index contributed by atoms with van der Waals surface area (Å²) in [6, 6.07) is 13.8. The maximum Gasteiger partial charge on any atom is 0.359 e. The van der Waals surface area contributed by atoms with Gasteiger partial charge in [-0.05, 0) is 31.2 Å². The first-order chi connectivity index (χ1) is 11.3. The second-order valence-electron chi connectivity index (χ2n) is 5.11. The fourth-order valence-electron chi connectivity index (χ4n) is 2.73. The Morgan fingerprint density at radius 2 is 1.96 bits per heavy atom. The van der Waals surface area contributed by atoms with E-state index in [0.717, 1.165) is 16.6 Å². The van der Waals surface area contributed by atoms with Crippen LogP contribution in [0, 0.1) is 0 Å². The smallest absolute Gasteiger partial charge is 0.359 e. The van der Waals surface area contributed by atoms with E-state index in [1.54, 1.807) is 6.92 Å². The minimum absolute atomic E-state index is 0.260. The van der Waals surface area contributed by atoms with Crippen molar-refractivity contribution in [1.29, 1.82) is 0 Å². The molecule has 0 saturated carbocycles. The highest BCUT2D eigenvalue weighted by Crippen LogP contribution is 2.27. The van der Waals surface area contributed by atoms with Crippen molar-refractivity contribution in [3.63, 3.8) is 0 Å². The highest BCUT2D eigenvalue weighted by Gasteiger charge is 2.18. The Labute approximate surface area is 131 Å². The van der Waals surface area contributed by atoms with E-state index in [1.165, 1.54) is 0 Å². The predicted octanol–water partition coefficient (Wildman–Crippen LogP) is 3.08. The van der Waals surface area contributed by atoms with Gasteiger partial charge >= 0.3 is 5.97 Å². The Bertz CT molecular complexity index is 1000. The van der Waals surface area contributed by atoms with Gasteiger partial charge in [-0.25, -0.2) is 4.79 Å². The molecule has 0 atom stereocenters. The molecular weight excluding hydrogens is 292 g/mol. The average Bonchev–Trinajstić information content (AvgIpc) is 3.19. The third kappa shape index (κ3) is 2.07. The molecule has 4 aromatic rings. The first kappa shape index (κ1) is 13.5. The Hall–Kier alpha value is -3.15. The number of H-pyrrole nitrogens is 1. The monoisotopic (exact) mass is 306 g/mol. The lowest BCUT2D eigenvalue weighted by atomic mass is 10.1. The van der Waals surface area contributed by atoms with Crippen molar-refractivity contribution in [1.82, 2.24) is 20.0 Å². The number of esters is 1. The standard InChI is InChI=1S/C17H14N4O2/c1-2-23-17(22)16-12-8-9-14-13(15(12)19-20-16)10-18-21(14)11-6-4-3-5-7-11/h3-10,18H,2H2,1H3. The molecule has 2 heterocycles. The molecule has 0 aliphatic heterocycles. The number of hydrogen-bond acceptors (Lipinski definition) is 4. The summed E-state index contributed by atoms with van der Waals surface area (Å²) in [4.78, 5) is 11.9. The lowest BCUT2D eigenvalue weighted by Crippen LogP contribution is -2.05. The number of aromatic nitrogens is 4. The summed E-state index contributed by atoms with van der Waals surface area (Å²) in [6.45, 7) is 2.08. The van der Waals surface area contributed by atoms with Gasteiger partial charge in [0.1, 0.15) is 5.52 Å². The maximum absolute atomic E-state index is 11.9. The predicted molar refractivity (Wildman–Crippen MR) is 86.7 cm³/mol. The van der Waals surface area contributed by atoms with E-state index in [0.29, 0.717) is 17.5 Å². The number of carbonyl (C=O) groups is 1. The molecule has 6 nitrogen and oxygen atoms in total. The summed E-state index contributed by atoms with van der Waals surface area (Å²) in [6.07, 6.45) is 1.87. The molecule has 23 heavy (non-hydrogen) atoms. The molecule has 0 saturated heterocycles. The van der Waals surface area contributed by atoms with E-state index < -0.39 is 5.97 Å². The summed E-state index contributed by atoms with van der Waals surface area (Å²) in [7, 11) is 0. The zero-order chi connectivity index (χ0) is 15.8. The van der Waals surface area contributed by atoms with Crippen LogP contribution >= 0.6 is 0 Å². The summed E-state index contributed by atoms with van der Waals surface area (Å²) in [5.74, 6) is -0.444. The molecule has 0 radical (unpaired) electrons. The first-order valence-electron chi connectivity index (χ1n) is 7.37. The molecule has 4 rings (SSSR count). The first-order valence-corrected chi connectivity index (χ1v) is 7.37. The van der Waals surface area contributed by atoms with Crippen LogP contribution in [0.2, 0.25) is 0 Å². The third-order valence-corrected chi connectivity index (χ3v) is 3.76. The second-order valence-corrected chi connectivity index (χ2v) is 5.11. The van der Waals surface area contributed by atoms with Crippen LogP contribution < -0.4 is 0 Å². The minimum atomic E-state index is -0.444. The topological polar surface area (TPSA) is 72.8 Å². The van der Waals surface area contributed by atoms with Crippen LogP contribution in [0.5, 0.6) is 0 Å². The van der Waals surface area contributed by atoms with Crippen LogP contribution in [-0.4, -0.2) is 32.6 Å². The van der Waals surface area contributed by atoms with Crippen molar-refractivity contribution < 1.29 is 9.53 Å². The number of nitrogens with zero attached hydrogens (tertiary/aromatic N) is 3. The molecular formula is C17H14N4O2. The Kier molecular flexibility index (Phi) is 3.08. The van der Waals surface area contributed by atoms with Crippen molar-refractivity contribution in [2.45, 2.75) is 6.92 Å². The Morgan fingerprint density at radius 3 is 2.74 bits per heavy atom. The number of fused-ring (bicyclic) bond motifs is 3. The maximum atomic E-state index is 11.9. The SMILES string of the molecule is CCOC(=O)c1nnc2c1ccc1c2c[nH]n1-c1ccccc1. The fourth-order valence-corrected chi connectivity index (χ4v) is 2.73. The Balaban J connectivity index is 1.91. The van der Waals surface area contributed by atoms with Gasteiger partial charge in [0.2, 0.25) is 0 Å². The van der Waals surface area contributed by atoms with Crippen LogP contribution in [0.15, 0.2) is 48.7 Å². The zero-order valence-corrected chi connectivity index (χ0v) is 12.5. The van der Waals surface area contributed by atoms with Gasteiger partial charge in [0.05, 0.1) is 17.8 Å². The van der Waals surface area contributed by atoms with Gasteiger partial charge in [-0.2, -0.15) is 0 Å².